The van der Waals surface area contributed by atoms with Crippen molar-refractivity contribution in [2.24, 2.45) is 0 Å². The number of aliphatic hydroxyl groups excluding tert-OH is 1. The number of rotatable bonds is 6. The van der Waals surface area contributed by atoms with Crippen molar-refractivity contribution >= 4 is 9.84 Å². The van der Waals surface area contributed by atoms with Crippen molar-refractivity contribution < 1.29 is 18.3 Å². The van der Waals surface area contributed by atoms with Crippen LogP contribution in [0.2, 0.25) is 0 Å². The van der Waals surface area contributed by atoms with E-state index >= 15 is 0 Å². The Morgan fingerprint density at radius 2 is 1.95 bits per heavy atom. The highest BCUT2D eigenvalue weighted by Crippen LogP contribution is 2.11. The average Bonchev–Trinajstić information content (AvgIpc) is 2.36. The van der Waals surface area contributed by atoms with Gasteiger partial charge in [0.2, 0.25) is 0 Å². The molecular weight excluding hydrogens is 264 g/mol. The molecule has 1 aromatic carbocycles. The Morgan fingerprint density at radius 1 is 1.26 bits per heavy atom. The predicted molar refractivity (Wildman–Crippen MR) is 74.8 cm³/mol. The van der Waals surface area contributed by atoms with E-state index in [-0.39, 0.29) is 12.4 Å². The van der Waals surface area contributed by atoms with E-state index in [0.29, 0.717) is 25.2 Å². The molecule has 5 heteroatoms. The van der Waals surface area contributed by atoms with Crippen molar-refractivity contribution in [2.45, 2.75) is 12.8 Å². The van der Waals surface area contributed by atoms with Gasteiger partial charge in [-0.05, 0) is 30.7 Å². The van der Waals surface area contributed by atoms with E-state index in [9.17, 15) is 8.42 Å². The molecule has 19 heavy (non-hydrogen) atoms. The second-order valence-corrected chi connectivity index (χ2v) is 6.39. The van der Waals surface area contributed by atoms with E-state index < -0.39 is 9.84 Å². The van der Waals surface area contributed by atoms with Crippen molar-refractivity contribution in [3.63, 3.8) is 0 Å². The smallest absolute Gasteiger partial charge is 0.147 e. The fourth-order valence-corrected chi connectivity index (χ4v) is 2.01. The standard InChI is InChI=1S/C14H18O4S/c1-19(16,17)12-4-11-18-14-8-6-13(7-9-14)5-2-3-10-15/h6-9,15H,3-4,10-12H2,1H3. The number of sulfone groups is 1. The Kier molecular flexibility index (Phi) is 6.40. The normalized spacial score (nSPS) is 10.6. The van der Waals surface area contributed by atoms with E-state index in [2.05, 4.69) is 11.8 Å². The largest absolute Gasteiger partial charge is 0.494 e. The maximum Gasteiger partial charge on any atom is 0.147 e. The van der Waals surface area contributed by atoms with Gasteiger partial charge in [0, 0.05) is 18.2 Å². The Morgan fingerprint density at radius 3 is 2.53 bits per heavy atom. The molecule has 1 rings (SSSR count). The lowest BCUT2D eigenvalue weighted by atomic mass is 10.2. The Hall–Kier alpha value is -1.51. The first-order valence-electron chi connectivity index (χ1n) is 6.01. The van der Waals surface area contributed by atoms with Gasteiger partial charge in [-0.1, -0.05) is 11.8 Å². The number of hydrogen-bond donors (Lipinski definition) is 1. The van der Waals surface area contributed by atoms with Crippen LogP contribution in [0.4, 0.5) is 0 Å². The molecule has 1 N–H and O–H groups in total. The van der Waals surface area contributed by atoms with Crippen molar-refractivity contribution in [1.82, 2.24) is 0 Å². The first-order valence-corrected chi connectivity index (χ1v) is 8.07. The molecule has 1 aromatic rings. The molecule has 0 aliphatic heterocycles. The minimum absolute atomic E-state index is 0.0640. The molecule has 0 aromatic heterocycles. The molecule has 4 nitrogen and oxygen atoms in total. The third-order valence-electron chi connectivity index (χ3n) is 2.25. The molecule has 0 atom stereocenters. The van der Waals surface area contributed by atoms with Gasteiger partial charge in [0.25, 0.3) is 0 Å². The van der Waals surface area contributed by atoms with E-state index in [0.717, 1.165) is 5.56 Å². The summed E-state index contributed by atoms with van der Waals surface area (Å²) in [5.41, 5.74) is 0.858. The van der Waals surface area contributed by atoms with E-state index in [1.807, 2.05) is 12.1 Å². The lowest BCUT2D eigenvalue weighted by Gasteiger charge is -2.05. The molecule has 0 spiro atoms. The first-order chi connectivity index (χ1) is 9.01. The van der Waals surface area contributed by atoms with Crippen LogP contribution in [-0.2, 0) is 9.84 Å². The van der Waals surface area contributed by atoms with Crippen LogP contribution in [0.25, 0.3) is 0 Å². The highest BCUT2D eigenvalue weighted by molar-refractivity contribution is 7.90. The molecule has 0 saturated carbocycles. The third kappa shape index (κ3) is 7.50. The fourth-order valence-electron chi connectivity index (χ4n) is 1.37. The van der Waals surface area contributed by atoms with Gasteiger partial charge in [-0.2, -0.15) is 0 Å². The predicted octanol–water partition coefficient (Wildman–Crippen LogP) is 1.23. The maximum absolute atomic E-state index is 10.9. The number of hydrogen-bond acceptors (Lipinski definition) is 4. The molecule has 0 aliphatic rings. The molecule has 104 valence electrons. The molecule has 0 heterocycles. The van der Waals surface area contributed by atoms with Gasteiger partial charge in [-0.15, -0.1) is 0 Å². The van der Waals surface area contributed by atoms with E-state index in [4.69, 9.17) is 9.84 Å². The van der Waals surface area contributed by atoms with Gasteiger partial charge in [-0.3, -0.25) is 0 Å². The Balaban J connectivity index is 2.39. The summed E-state index contributed by atoms with van der Waals surface area (Å²) >= 11 is 0. The second-order valence-electron chi connectivity index (χ2n) is 4.13. The topological polar surface area (TPSA) is 63.6 Å². The first kappa shape index (κ1) is 15.5. The highest BCUT2D eigenvalue weighted by Gasteiger charge is 2.01. The van der Waals surface area contributed by atoms with Crippen molar-refractivity contribution in [2.75, 3.05) is 25.2 Å². The fraction of sp³-hybridized carbons (Fsp3) is 0.429. The van der Waals surface area contributed by atoms with Gasteiger partial charge in [0.15, 0.2) is 0 Å². The van der Waals surface area contributed by atoms with Crippen molar-refractivity contribution in [1.29, 1.82) is 0 Å². The number of aliphatic hydroxyl groups is 1. The quantitative estimate of drug-likeness (QED) is 0.630. The minimum Gasteiger partial charge on any atom is -0.494 e. The van der Waals surface area contributed by atoms with Gasteiger partial charge in [0.1, 0.15) is 15.6 Å². The monoisotopic (exact) mass is 282 g/mol. The van der Waals surface area contributed by atoms with Crippen LogP contribution in [0.1, 0.15) is 18.4 Å². The summed E-state index contributed by atoms with van der Waals surface area (Å²) in [5.74, 6) is 6.58. The molecule has 0 radical (unpaired) electrons. The summed E-state index contributed by atoms with van der Waals surface area (Å²) < 4.78 is 27.3. The van der Waals surface area contributed by atoms with E-state index in [1.54, 1.807) is 12.1 Å². The summed E-state index contributed by atoms with van der Waals surface area (Å²) in [4.78, 5) is 0. The summed E-state index contributed by atoms with van der Waals surface area (Å²) in [6.07, 6.45) is 2.16. The molecule has 0 bridgehead atoms. The van der Waals surface area contributed by atoms with Crippen LogP contribution in [-0.4, -0.2) is 38.7 Å². The zero-order valence-corrected chi connectivity index (χ0v) is 11.7. The van der Waals surface area contributed by atoms with E-state index in [1.165, 1.54) is 6.26 Å². The lowest BCUT2D eigenvalue weighted by Crippen LogP contribution is -2.07. The van der Waals surface area contributed by atoms with Crippen LogP contribution in [0.5, 0.6) is 5.75 Å². The minimum atomic E-state index is -2.92. The van der Waals surface area contributed by atoms with Crippen LogP contribution in [0.3, 0.4) is 0 Å². The summed E-state index contributed by atoms with van der Waals surface area (Å²) in [6.45, 7) is 0.442. The summed E-state index contributed by atoms with van der Waals surface area (Å²) in [5, 5.41) is 8.60. The summed E-state index contributed by atoms with van der Waals surface area (Å²) in [7, 11) is -2.92. The van der Waals surface area contributed by atoms with Crippen LogP contribution in [0, 0.1) is 11.8 Å². The van der Waals surface area contributed by atoms with Gasteiger partial charge < -0.3 is 9.84 Å². The number of benzene rings is 1. The Bertz CT molecular complexity index is 535. The molecule has 0 saturated heterocycles. The molecular formula is C14H18O4S. The molecule has 0 amide bonds. The molecule has 0 unspecified atom stereocenters. The molecule has 0 fully saturated rings. The lowest BCUT2D eigenvalue weighted by molar-refractivity contribution is 0.305. The zero-order valence-electron chi connectivity index (χ0n) is 10.9. The van der Waals surface area contributed by atoms with Crippen LogP contribution in [0.15, 0.2) is 24.3 Å². The maximum atomic E-state index is 10.9. The van der Waals surface area contributed by atoms with Gasteiger partial charge in [0.05, 0.1) is 19.0 Å². The Labute approximate surface area is 114 Å². The van der Waals surface area contributed by atoms with Crippen LogP contribution >= 0.6 is 0 Å². The molecule has 0 aliphatic carbocycles. The average molecular weight is 282 g/mol. The number of ether oxygens (including phenoxy) is 1. The van der Waals surface area contributed by atoms with Gasteiger partial charge >= 0.3 is 0 Å². The third-order valence-corrected chi connectivity index (χ3v) is 3.28. The van der Waals surface area contributed by atoms with Crippen molar-refractivity contribution in [3.8, 4) is 17.6 Å². The zero-order chi connectivity index (χ0) is 14.1. The second kappa shape index (κ2) is 7.82. The highest BCUT2D eigenvalue weighted by atomic mass is 32.2. The summed E-state index contributed by atoms with van der Waals surface area (Å²) in [6, 6.07) is 7.25. The van der Waals surface area contributed by atoms with Crippen molar-refractivity contribution in [3.05, 3.63) is 29.8 Å². The van der Waals surface area contributed by atoms with Crippen LogP contribution < -0.4 is 4.74 Å². The SMILES string of the molecule is CS(=O)(=O)CCCOc1ccc(C#CCCO)cc1. The van der Waals surface area contributed by atoms with Gasteiger partial charge in [-0.25, -0.2) is 8.42 Å².